The highest BCUT2D eigenvalue weighted by molar-refractivity contribution is 5.71. The van der Waals surface area contributed by atoms with Gasteiger partial charge in [0.15, 0.2) is 11.6 Å². The van der Waals surface area contributed by atoms with Crippen molar-refractivity contribution in [2.45, 2.75) is 58.8 Å². The van der Waals surface area contributed by atoms with Crippen LogP contribution in [0.2, 0.25) is 0 Å². The smallest absolute Gasteiger partial charge is 0.167 e. The first-order valence-corrected chi connectivity index (χ1v) is 9.54. The van der Waals surface area contributed by atoms with Crippen molar-refractivity contribution in [3.63, 3.8) is 0 Å². The number of hydrogen-bond donors (Lipinski definition) is 0. The summed E-state index contributed by atoms with van der Waals surface area (Å²) >= 11 is 0. The van der Waals surface area contributed by atoms with E-state index in [1.165, 1.54) is 30.5 Å². The van der Waals surface area contributed by atoms with Gasteiger partial charge in [0.25, 0.3) is 0 Å². The van der Waals surface area contributed by atoms with Gasteiger partial charge in [0.05, 0.1) is 0 Å². The zero-order valence-electron chi connectivity index (χ0n) is 15.5. The van der Waals surface area contributed by atoms with Gasteiger partial charge >= 0.3 is 0 Å². The van der Waals surface area contributed by atoms with Crippen LogP contribution in [-0.4, -0.2) is 0 Å². The molecular weight excluding hydrogens is 333 g/mol. The summed E-state index contributed by atoms with van der Waals surface area (Å²) in [6.07, 6.45) is 8.84. The molecule has 0 saturated heterocycles. The molecule has 0 atom stereocenters. The third kappa shape index (κ3) is 3.72. The molecule has 1 aliphatic rings. The summed E-state index contributed by atoms with van der Waals surface area (Å²) in [5.41, 5.74) is 3.67. The lowest BCUT2D eigenvalue weighted by Gasteiger charge is -2.19. The standard InChI is InChI=1S/C23H25F3/c1-3-5-6-7-15-8-9-17-13-20(21(24)14-18(17)12-15)19-11-10-16(4-2)22(25)23(19)26/h10-14H,3-9H2,1-2H3. The summed E-state index contributed by atoms with van der Waals surface area (Å²) in [6, 6.07) is 6.18. The molecule has 0 heterocycles. The van der Waals surface area contributed by atoms with Gasteiger partial charge in [-0.3, -0.25) is 0 Å². The van der Waals surface area contributed by atoms with Crippen molar-refractivity contribution in [1.29, 1.82) is 0 Å². The van der Waals surface area contributed by atoms with E-state index < -0.39 is 17.5 Å². The Morgan fingerprint density at radius 2 is 1.69 bits per heavy atom. The fraction of sp³-hybridized carbons (Fsp3) is 0.391. The largest absolute Gasteiger partial charge is 0.206 e. The van der Waals surface area contributed by atoms with Crippen molar-refractivity contribution >= 4 is 6.08 Å². The van der Waals surface area contributed by atoms with Gasteiger partial charge in [0, 0.05) is 11.1 Å². The quantitative estimate of drug-likeness (QED) is 0.477. The fourth-order valence-electron chi connectivity index (χ4n) is 3.65. The molecule has 26 heavy (non-hydrogen) atoms. The number of benzene rings is 2. The summed E-state index contributed by atoms with van der Waals surface area (Å²) in [6.45, 7) is 3.94. The monoisotopic (exact) mass is 358 g/mol. The van der Waals surface area contributed by atoms with Gasteiger partial charge < -0.3 is 0 Å². The molecule has 0 aliphatic heterocycles. The predicted molar refractivity (Wildman–Crippen MR) is 102 cm³/mol. The minimum Gasteiger partial charge on any atom is -0.206 e. The first-order valence-electron chi connectivity index (χ1n) is 9.54. The lowest BCUT2D eigenvalue weighted by molar-refractivity contribution is 0.501. The molecule has 3 rings (SSSR count). The van der Waals surface area contributed by atoms with Crippen LogP contribution in [0.5, 0.6) is 0 Å². The molecule has 0 unspecified atom stereocenters. The van der Waals surface area contributed by atoms with Gasteiger partial charge in [0.2, 0.25) is 0 Å². The minimum atomic E-state index is -0.963. The van der Waals surface area contributed by atoms with Gasteiger partial charge in [-0.2, -0.15) is 0 Å². The molecule has 2 aromatic rings. The van der Waals surface area contributed by atoms with Crippen LogP contribution in [0.25, 0.3) is 17.2 Å². The van der Waals surface area contributed by atoms with Crippen molar-refractivity contribution in [1.82, 2.24) is 0 Å². The highest BCUT2D eigenvalue weighted by Crippen LogP contribution is 2.34. The number of aryl methyl sites for hydroxylation is 2. The average molecular weight is 358 g/mol. The molecule has 1 aliphatic carbocycles. The van der Waals surface area contributed by atoms with Crippen LogP contribution < -0.4 is 0 Å². The molecule has 0 saturated carbocycles. The summed E-state index contributed by atoms with van der Waals surface area (Å²) in [5.74, 6) is -2.34. The lowest BCUT2D eigenvalue weighted by Crippen LogP contribution is -2.03. The molecule has 0 fully saturated rings. The molecule has 0 amide bonds. The number of hydrogen-bond acceptors (Lipinski definition) is 0. The average Bonchev–Trinajstić information content (AvgIpc) is 2.64. The molecule has 2 aromatic carbocycles. The van der Waals surface area contributed by atoms with E-state index in [0.29, 0.717) is 12.0 Å². The van der Waals surface area contributed by atoms with Gasteiger partial charge in [0.1, 0.15) is 5.82 Å². The second-order valence-electron chi connectivity index (χ2n) is 7.04. The van der Waals surface area contributed by atoms with Gasteiger partial charge in [-0.25, -0.2) is 13.2 Å². The van der Waals surface area contributed by atoms with Crippen molar-refractivity contribution in [2.24, 2.45) is 0 Å². The van der Waals surface area contributed by atoms with E-state index in [1.54, 1.807) is 19.1 Å². The molecule has 0 N–H and O–H groups in total. The van der Waals surface area contributed by atoms with Gasteiger partial charge in [-0.15, -0.1) is 0 Å². The Hall–Kier alpha value is -2.03. The maximum atomic E-state index is 14.7. The van der Waals surface area contributed by atoms with Gasteiger partial charge in [-0.1, -0.05) is 50.5 Å². The van der Waals surface area contributed by atoms with E-state index in [1.807, 2.05) is 0 Å². The highest BCUT2D eigenvalue weighted by Gasteiger charge is 2.19. The summed E-state index contributed by atoms with van der Waals surface area (Å²) < 4.78 is 43.2. The number of rotatable bonds is 6. The second-order valence-corrected chi connectivity index (χ2v) is 7.04. The Labute approximate surface area is 153 Å². The molecular formula is C23H25F3. The normalized spacial score (nSPS) is 13.5. The van der Waals surface area contributed by atoms with E-state index in [2.05, 4.69) is 13.0 Å². The molecule has 0 bridgehead atoms. The van der Waals surface area contributed by atoms with Crippen LogP contribution in [0.4, 0.5) is 13.2 Å². The second kappa shape index (κ2) is 8.11. The first kappa shape index (κ1) is 18.8. The maximum Gasteiger partial charge on any atom is 0.167 e. The molecule has 138 valence electrons. The maximum absolute atomic E-state index is 14.7. The molecule has 0 radical (unpaired) electrons. The topological polar surface area (TPSA) is 0 Å². The van der Waals surface area contributed by atoms with Crippen LogP contribution in [0, 0.1) is 17.5 Å². The number of allylic oxidation sites excluding steroid dienone is 1. The van der Waals surface area contributed by atoms with Crippen molar-refractivity contribution < 1.29 is 13.2 Å². The van der Waals surface area contributed by atoms with Crippen LogP contribution >= 0.6 is 0 Å². The van der Waals surface area contributed by atoms with Crippen LogP contribution in [-0.2, 0) is 12.8 Å². The SMILES string of the molecule is CCCCCC1=Cc2cc(F)c(-c3ccc(CC)c(F)c3F)cc2CC1. The molecule has 0 nitrogen and oxygen atoms in total. The Morgan fingerprint density at radius 1 is 0.885 bits per heavy atom. The van der Waals surface area contributed by atoms with Gasteiger partial charge in [-0.05, 0) is 60.9 Å². The Bertz CT molecular complexity index is 834. The van der Waals surface area contributed by atoms with Crippen LogP contribution in [0.3, 0.4) is 0 Å². The van der Waals surface area contributed by atoms with E-state index in [4.69, 9.17) is 0 Å². The Morgan fingerprint density at radius 3 is 2.42 bits per heavy atom. The van der Waals surface area contributed by atoms with E-state index in [9.17, 15) is 13.2 Å². The van der Waals surface area contributed by atoms with Crippen molar-refractivity contribution in [2.75, 3.05) is 0 Å². The molecule has 0 aromatic heterocycles. The number of halogens is 3. The lowest BCUT2D eigenvalue weighted by atomic mass is 9.87. The van der Waals surface area contributed by atoms with E-state index in [-0.39, 0.29) is 11.1 Å². The van der Waals surface area contributed by atoms with E-state index in [0.717, 1.165) is 36.8 Å². The summed E-state index contributed by atoms with van der Waals surface area (Å²) in [7, 11) is 0. The summed E-state index contributed by atoms with van der Waals surface area (Å²) in [4.78, 5) is 0. The zero-order chi connectivity index (χ0) is 18.7. The van der Waals surface area contributed by atoms with E-state index >= 15 is 0 Å². The summed E-state index contributed by atoms with van der Waals surface area (Å²) in [5, 5.41) is 0. The molecule has 0 spiro atoms. The highest BCUT2D eigenvalue weighted by atomic mass is 19.2. The third-order valence-corrected chi connectivity index (χ3v) is 5.24. The first-order chi connectivity index (χ1) is 12.5. The number of fused-ring (bicyclic) bond motifs is 1. The minimum absolute atomic E-state index is 0.00211. The Balaban J connectivity index is 1.95. The third-order valence-electron chi connectivity index (χ3n) is 5.24. The molecule has 3 heteroatoms. The predicted octanol–water partition coefficient (Wildman–Crippen LogP) is 7.24. The van der Waals surface area contributed by atoms with Crippen molar-refractivity contribution in [3.8, 4) is 11.1 Å². The number of unbranched alkanes of at least 4 members (excludes halogenated alkanes) is 2. The van der Waals surface area contributed by atoms with Crippen LogP contribution in [0.15, 0.2) is 29.8 Å². The fourth-order valence-corrected chi connectivity index (χ4v) is 3.65. The zero-order valence-corrected chi connectivity index (χ0v) is 15.5. The van der Waals surface area contributed by atoms with Crippen molar-refractivity contribution in [3.05, 3.63) is 64.0 Å². The Kier molecular flexibility index (Phi) is 5.85. The van der Waals surface area contributed by atoms with Crippen LogP contribution in [0.1, 0.15) is 62.6 Å².